The first-order valence-corrected chi connectivity index (χ1v) is 8.33. The van der Waals surface area contributed by atoms with Crippen molar-refractivity contribution in [2.75, 3.05) is 5.43 Å². The number of nitrogens with zero attached hydrogens (tertiary/aromatic N) is 3. The van der Waals surface area contributed by atoms with Crippen LogP contribution in [0, 0.1) is 6.92 Å². The molecule has 8 heteroatoms. The van der Waals surface area contributed by atoms with E-state index in [0.717, 1.165) is 5.69 Å². The number of hydrogen-bond donors (Lipinski definition) is 1. The molecule has 0 amide bonds. The van der Waals surface area contributed by atoms with Gasteiger partial charge in [-0.25, -0.2) is 4.68 Å². The fourth-order valence-corrected chi connectivity index (χ4v) is 2.78. The van der Waals surface area contributed by atoms with Gasteiger partial charge < -0.3 is 9.90 Å². The van der Waals surface area contributed by atoms with Crippen molar-refractivity contribution in [3.63, 3.8) is 0 Å². The number of aromatic nitrogens is 2. The molecule has 0 aliphatic heterocycles. The lowest BCUT2D eigenvalue weighted by atomic mass is 10.2. The molecular weight excluding hydrogens is 375 g/mol. The van der Waals surface area contributed by atoms with Crippen molar-refractivity contribution in [2.24, 2.45) is 5.10 Å². The Hall–Kier alpha value is -2.83. The Morgan fingerprint density at radius 2 is 1.96 bits per heavy atom. The van der Waals surface area contributed by atoms with E-state index in [1.165, 1.54) is 24.4 Å². The van der Waals surface area contributed by atoms with Gasteiger partial charge in [0.2, 0.25) is 0 Å². The average molecular weight is 388 g/mol. The average Bonchev–Trinajstić information content (AvgIpc) is 2.92. The van der Waals surface area contributed by atoms with Gasteiger partial charge in [-0.2, -0.15) is 10.2 Å². The summed E-state index contributed by atoms with van der Waals surface area (Å²) in [6.07, 6.45) is 1.51. The summed E-state index contributed by atoms with van der Waals surface area (Å²) in [5.74, 6) is -1.29. The van der Waals surface area contributed by atoms with Gasteiger partial charge in [0.15, 0.2) is 0 Å². The summed E-state index contributed by atoms with van der Waals surface area (Å²) in [5, 5.41) is 20.2. The van der Waals surface area contributed by atoms with E-state index < -0.39 is 5.97 Å². The van der Waals surface area contributed by atoms with Crippen LogP contribution in [0.1, 0.15) is 21.6 Å². The zero-order valence-electron chi connectivity index (χ0n) is 13.6. The number of para-hydroxylation sites is 1. The Morgan fingerprint density at radius 1 is 1.23 bits per heavy atom. The quantitative estimate of drug-likeness (QED) is 0.537. The molecule has 0 atom stereocenters. The van der Waals surface area contributed by atoms with Crippen molar-refractivity contribution < 1.29 is 9.90 Å². The SMILES string of the molecule is Cc1nn(-c2ccccc2)c(Cl)c1/C=N\Nc1cc(C(=O)[O-])ccc1Cl. The second kappa shape index (κ2) is 7.59. The summed E-state index contributed by atoms with van der Waals surface area (Å²) < 4.78 is 1.61. The number of carboxylic acids is 1. The topological polar surface area (TPSA) is 82.3 Å². The molecule has 3 aromatic rings. The van der Waals surface area contributed by atoms with Crippen molar-refractivity contribution in [3.05, 3.63) is 75.5 Å². The predicted molar refractivity (Wildman–Crippen MR) is 100 cm³/mol. The van der Waals surface area contributed by atoms with E-state index in [-0.39, 0.29) is 5.56 Å². The molecule has 0 fully saturated rings. The molecule has 0 unspecified atom stereocenters. The molecule has 0 saturated carbocycles. The molecule has 0 bridgehead atoms. The largest absolute Gasteiger partial charge is 0.545 e. The number of aromatic carboxylic acids is 1. The summed E-state index contributed by atoms with van der Waals surface area (Å²) >= 11 is 12.5. The molecule has 1 heterocycles. The molecule has 0 spiro atoms. The highest BCUT2D eigenvalue weighted by Crippen LogP contribution is 2.24. The van der Waals surface area contributed by atoms with Crippen molar-refractivity contribution in [3.8, 4) is 5.69 Å². The number of benzene rings is 2. The van der Waals surface area contributed by atoms with Crippen molar-refractivity contribution >= 4 is 41.1 Å². The molecule has 132 valence electrons. The van der Waals surface area contributed by atoms with Crippen molar-refractivity contribution in [1.82, 2.24) is 9.78 Å². The second-order valence-electron chi connectivity index (χ2n) is 5.39. The number of nitrogens with one attached hydrogen (secondary N) is 1. The fourth-order valence-electron chi connectivity index (χ4n) is 2.30. The van der Waals surface area contributed by atoms with Gasteiger partial charge in [-0.1, -0.05) is 47.5 Å². The van der Waals surface area contributed by atoms with Crippen LogP contribution < -0.4 is 10.5 Å². The Balaban J connectivity index is 1.85. The summed E-state index contributed by atoms with van der Waals surface area (Å²) in [7, 11) is 0. The highest BCUT2D eigenvalue weighted by molar-refractivity contribution is 6.33. The van der Waals surface area contributed by atoms with E-state index >= 15 is 0 Å². The number of carboxylic acid groups (broad SMARTS) is 1. The Morgan fingerprint density at radius 3 is 2.65 bits per heavy atom. The predicted octanol–water partition coefficient (Wildman–Crippen LogP) is 3.30. The van der Waals surface area contributed by atoms with E-state index in [1.54, 1.807) is 4.68 Å². The lowest BCUT2D eigenvalue weighted by molar-refractivity contribution is -0.255. The third kappa shape index (κ3) is 3.71. The maximum Gasteiger partial charge on any atom is 0.142 e. The molecular formula is C18H13Cl2N4O2-. The lowest BCUT2D eigenvalue weighted by Crippen LogP contribution is -2.22. The number of rotatable bonds is 5. The number of anilines is 1. The minimum Gasteiger partial charge on any atom is -0.545 e. The van der Waals surface area contributed by atoms with Crippen molar-refractivity contribution in [2.45, 2.75) is 6.92 Å². The van der Waals surface area contributed by atoms with Gasteiger partial charge in [0.25, 0.3) is 0 Å². The van der Waals surface area contributed by atoms with E-state index in [1.807, 2.05) is 37.3 Å². The van der Waals surface area contributed by atoms with Gasteiger partial charge in [0, 0.05) is 0 Å². The first kappa shape index (κ1) is 18.0. The summed E-state index contributed by atoms with van der Waals surface area (Å²) in [5.41, 5.74) is 5.21. The second-order valence-corrected chi connectivity index (χ2v) is 6.15. The van der Waals surface area contributed by atoms with E-state index in [0.29, 0.717) is 27.1 Å². The van der Waals surface area contributed by atoms with Crippen LogP contribution in [0.3, 0.4) is 0 Å². The van der Waals surface area contributed by atoms with Crippen LogP contribution in [-0.4, -0.2) is 22.0 Å². The smallest absolute Gasteiger partial charge is 0.142 e. The Kier molecular flexibility index (Phi) is 5.25. The first-order valence-electron chi connectivity index (χ1n) is 7.58. The summed E-state index contributed by atoms with van der Waals surface area (Å²) in [6.45, 7) is 1.82. The van der Waals surface area contributed by atoms with Crippen LogP contribution in [0.25, 0.3) is 5.69 Å². The fraction of sp³-hybridized carbons (Fsp3) is 0.0556. The Labute approximate surface area is 159 Å². The highest BCUT2D eigenvalue weighted by Gasteiger charge is 2.13. The number of hydrazone groups is 1. The van der Waals surface area contributed by atoms with E-state index in [4.69, 9.17) is 23.2 Å². The molecule has 0 aliphatic carbocycles. The summed E-state index contributed by atoms with van der Waals surface area (Å²) in [4.78, 5) is 10.9. The number of hydrogen-bond acceptors (Lipinski definition) is 5. The number of carbonyl (C=O) groups excluding carboxylic acids is 1. The van der Waals surface area contributed by atoms with Crippen LogP contribution in [0.4, 0.5) is 5.69 Å². The molecule has 2 aromatic carbocycles. The molecule has 0 aliphatic rings. The molecule has 3 rings (SSSR count). The van der Waals surface area contributed by atoms with Crippen LogP contribution in [-0.2, 0) is 0 Å². The molecule has 1 aromatic heterocycles. The van der Waals surface area contributed by atoms with Crippen LogP contribution in [0.5, 0.6) is 0 Å². The number of halogens is 2. The standard InChI is InChI=1S/C18H14Cl2N4O2/c1-11-14(17(20)24(23-11)13-5-3-2-4-6-13)10-21-22-16-9-12(18(25)26)7-8-15(16)19/h2-10,22H,1H3,(H,25,26)/p-1/b21-10-. The van der Waals surface area contributed by atoms with Gasteiger partial charge in [-0.15, -0.1) is 0 Å². The Bertz CT molecular complexity index is 984. The van der Waals surface area contributed by atoms with E-state index in [9.17, 15) is 9.90 Å². The van der Waals surface area contributed by atoms with Gasteiger partial charge in [0.05, 0.1) is 39.8 Å². The van der Waals surface area contributed by atoms with Crippen LogP contribution in [0.2, 0.25) is 10.2 Å². The normalized spacial score (nSPS) is 11.0. The van der Waals surface area contributed by atoms with Crippen LogP contribution >= 0.6 is 23.2 Å². The highest BCUT2D eigenvalue weighted by atomic mass is 35.5. The zero-order valence-corrected chi connectivity index (χ0v) is 15.1. The minimum atomic E-state index is -1.29. The van der Waals surface area contributed by atoms with Gasteiger partial charge in [0.1, 0.15) is 5.15 Å². The van der Waals surface area contributed by atoms with Gasteiger partial charge >= 0.3 is 0 Å². The lowest BCUT2D eigenvalue weighted by Gasteiger charge is -2.07. The minimum absolute atomic E-state index is 0.00166. The molecule has 26 heavy (non-hydrogen) atoms. The maximum absolute atomic E-state index is 10.9. The summed E-state index contributed by atoms with van der Waals surface area (Å²) in [6, 6.07) is 13.6. The molecule has 1 N–H and O–H groups in total. The molecule has 0 radical (unpaired) electrons. The first-order chi connectivity index (χ1) is 12.5. The third-order valence-electron chi connectivity index (χ3n) is 3.63. The van der Waals surface area contributed by atoms with Crippen molar-refractivity contribution in [1.29, 1.82) is 0 Å². The molecule has 0 saturated heterocycles. The van der Waals surface area contributed by atoms with Gasteiger partial charge in [-0.3, -0.25) is 5.43 Å². The molecule has 6 nitrogen and oxygen atoms in total. The number of carbonyl (C=O) groups is 1. The van der Waals surface area contributed by atoms with Gasteiger partial charge in [-0.05, 0) is 36.8 Å². The number of aryl methyl sites for hydroxylation is 1. The van der Waals surface area contributed by atoms with E-state index in [2.05, 4.69) is 15.6 Å². The monoisotopic (exact) mass is 387 g/mol. The maximum atomic E-state index is 10.9. The van der Waals surface area contributed by atoms with Crippen LogP contribution in [0.15, 0.2) is 53.6 Å². The third-order valence-corrected chi connectivity index (χ3v) is 4.32. The zero-order chi connectivity index (χ0) is 18.7.